The number of nitrogens with zero attached hydrogens (tertiary/aromatic N) is 1. The van der Waals surface area contributed by atoms with Gasteiger partial charge in [0.25, 0.3) is 5.69 Å². The molecule has 0 aromatic heterocycles. The fourth-order valence-electron chi connectivity index (χ4n) is 1.93. The molecule has 6 nitrogen and oxygen atoms in total. The first-order valence-electron chi connectivity index (χ1n) is 7.24. The van der Waals surface area contributed by atoms with Crippen molar-refractivity contribution in [2.24, 2.45) is 0 Å². The Morgan fingerprint density at radius 2 is 1.92 bits per heavy atom. The molecule has 0 heterocycles. The molecule has 0 atom stereocenters. The lowest BCUT2D eigenvalue weighted by Crippen LogP contribution is -2.27. The van der Waals surface area contributed by atoms with Crippen LogP contribution in [0.25, 0.3) is 6.08 Å². The zero-order valence-corrected chi connectivity index (χ0v) is 13.5. The Bertz CT molecular complexity index is 745. The predicted molar refractivity (Wildman–Crippen MR) is 95.1 cm³/mol. The minimum atomic E-state index is -0.448. The van der Waals surface area contributed by atoms with E-state index in [9.17, 15) is 14.9 Å². The van der Waals surface area contributed by atoms with Gasteiger partial charge in [0, 0.05) is 42.0 Å². The van der Waals surface area contributed by atoms with Gasteiger partial charge in [-0.1, -0.05) is 23.7 Å². The van der Waals surface area contributed by atoms with Crippen molar-refractivity contribution in [3.63, 3.8) is 0 Å². The topological polar surface area (TPSA) is 84.3 Å². The molecule has 0 radical (unpaired) electrons. The summed E-state index contributed by atoms with van der Waals surface area (Å²) in [6.07, 6.45) is 3.13. The molecule has 0 aliphatic heterocycles. The van der Waals surface area contributed by atoms with Gasteiger partial charge >= 0.3 is 0 Å². The first-order chi connectivity index (χ1) is 11.5. The van der Waals surface area contributed by atoms with Gasteiger partial charge in [-0.3, -0.25) is 14.9 Å². The molecule has 2 rings (SSSR count). The number of nitro benzene ring substituents is 1. The second-order valence-corrected chi connectivity index (χ2v) is 5.35. The molecule has 2 aromatic carbocycles. The fourth-order valence-corrected chi connectivity index (χ4v) is 2.13. The molecule has 2 N–H and O–H groups in total. The highest BCUT2D eigenvalue weighted by Crippen LogP contribution is 2.15. The van der Waals surface area contributed by atoms with Gasteiger partial charge in [0.1, 0.15) is 0 Å². The van der Waals surface area contributed by atoms with Crippen molar-refractivity contribution in [2.45, 2.75) is 0 Å². The van der Waals surface area contributed by atoms with E-state index in [0.717, 1.165) is 11.3 Å². The van der Waals surface area contributed by atoms with Gasteiger partial charge < -0.3 is 10.6 Å². The minimum Gasteiger partial charge on any atom is -0.383 e. The summed E-state index contributed by atoms with van der Waals surface area (Å²) in [7, 11) is 0. The van der Waals surface area contributed by atoms with Crippen molar-refractivity contribution < 1.29 is 9.72 Å². The highest BCUT2D eigenvalue weighted by molar-refractivity contribution is 6.30. The summed E-state index contributed by atoms with van der Waals surface area (Å²) in [5.41, 5.74) is 1.64. The van der Waals surface area contributed by atoms with E-state index in [0.29, 0.717) is 18.1 Å². The van der Waals surface area contributed by atoms with Crippen LogP contribution in [-0.4, -0.2) is 23.9 Å². The lowest BCUT2D eigenvalue weighted by Gasteiger charge is -2.06. The maximum absolute atomic E-state index is 11.7. The largest absolute Gasteiger partial charge is 0.383 e. The minimum absolute atomic E-state index is 0.0417. The third kappa shape index (κ3) is 5.73. The number of hydrogen-bond acceptors (Lipinski definition) is 4. The van der Waals surface area contributed by atoms with Crippen LogP contribution in [0.5, 0.6) is 0 Å². The Morgan fingerprint density at radius 3 is 2.58 bits per heavy atom. The maximum atomic E-state index is 11.7. The normalized spacial score (nSPS) is 10.5. The van der Waals surface area contributed by atoms with Crippen molar-refractivity contribution in [1.82, 2.24) is 5.32 Å². The van der Waals surface area contributed by atoms with Gasteiger partial charge in [0.2, 0.25) is 5.91 Å². The summed E-state index contributed by atoms with van der Waals surface area (Å²) in [6, 6.07) is 13.3. The summed E-state index contributed by atoms with van der Waals surface area (Å²) in [5.74, 6) is -0.208. The summed E-state index contributed by atoms with van der Waals surface area (Å²) in [4.78, 5) is 21.8. The van der Waals surface area contributed by atoms with Crippen molar-refractivity contribution in [2.75, 3.05) is 18.4 Å². The van der Waals surface area contributed by atoms with Crippen molar-refractivity contribution >= 4 is 35.0 Å². The molecule has 7 heteroatoms. The van der Waals surface area contributed by atoms with Crippen molar-refractivity contribution in [1.29, 1.82) is 0 Å². The fraction of sp³-hybridized carbons (Fsp3) is 0.118. The van der Waals surface area contributed by atoms with E-state index in [-0.39, 0.29) is 11.6 Å². The number of anilines is 1. The monoisotopic (exact) mass is 345 g/mol. The van der Waals surface area contributed by atoms with Crippen LogP contribution in [0.1, 0.15) is 5.56 Å². The average molecular weight is 346 g/mol. The number of carbonyl (C=O) groups is 1. The highest BCUT2D eigenvalue weighted by atomic mass is 35.5. The van der Waals surface area contributed by atoms with E-state index in [4.69, 9.17) is 11.6 Å². The van der Waals surface area contributed by atoms with Gasteiger partial charge in [-0.05, 0) is 35.9 Å². The molecule has 0 saturated heterocycles. The van der Waals surface area contributed by atoms with Crippen LogP contribution in [0.4, 0.5) is 11.4 Å². The summed E-state index contributed by atoms with van der Waals surface area (Å²) in [6.45, 7) is 0.935. The first-order valence-corrected chi connectivity index (χ1v) is 7.62. The zero-order chi connectivity index (χ0) is 17.4. The van der Waals surface area contributed by atoms with Gasteiger partial charge in [0.15, 0.2) is 0 Å². The molecule has 0 aliphatic rings. The quantitative estimate of drug-likeness (QED) is 0.348. The first kappa shape index (κ1) is 17.5. The number of halogens is 1. The molecule has 1 amide bonds. The summed E-state index contributed by atoms with van der Waals surface area (Å²) >= 11 is 5.87. The van der Waals surface area contributed by atoms with Crippen molar-refractivity contribution in [3.8, 4) is 0 Å². The number of carbonyl (C=O) groups excluding carboxylic acids is 1. The van der Waals surface area contributed by atoms with Crippen molar-refractivity contribution in [3.05, 3.63) is 75.3 Å². The SMILES string of the molecule is O=C(/C=C/c1cccc(Cl)c1)NCCNc1ccc([N+](=O)[O-])cc1. The van der Waals surface area contributed by atoms with E-state index >= 15 is 0 Å². The third-order valence-corrected chi connectivity index (χ3v) is 3.34. The molecule has 0 unspecified atom stereocenters. The molecule has 124 valence electrons. The van der Waals surface area contributed by atoms with E-state index in [2.05, 4.69) is 10.6 Å². The van der Waals surface area contributed by atoms with E-state index in [1.54, 1.807) is 30.3 Å². The van der Waals surface area contributed by atoms with E-state index < -0.39 is 4.92 Å². The lowest BCUT2D eigenvalue weighted by atomic mass is 10.2. The number of nitrogens with one attached hydrogen (secondary N) is 2. The number of rotatable bonds is 7. The Labute approximate surface area is 144 Å². The molecular formula is C17H16ClN3O3. The number of hydrogen-bond donors (Lipinski definition) is 2. The van der Waals surface area contributed by atoms with E-state index in [1.807, 2.05) is 12.1 Å². The van der Waals surface area contributed by atoms with Gasteiger partial charge in [-0.25, -0.2) is 0 Å². The highest BCUT2D eigenvalue weighted by Gasteiger charge is 2.03. The second-order valence-electron chi connectivity index (χ2n) is 4.91. The molecule has 0 spiro atoms. The number of nitro groups is 1. The summed E-state index contributed by atoms with van der Waals surface area (Å²) in [5, 5.41) is 17.0. The van der Waals surface area contributed by atoms with Crippen LogP contribution in [0.3, 0.4) is 0 Å². The molecule has 24 heavy (non-hydrogen) atoms. The van der Waals surface area contributed by atoms with Gasteiger partial charge in [0.05, 0.1) is 4.92 Å². The molecule has 2 aromatic rings. The second kappa shape index (κ2) is 8.69. The predicted octanol–water partition coefficient (Wildman–Crippen LogP) is 3.49. The Kier molecular flexibility index (Phi) is 6.33. The number of benzene rings is 2. The standard InChI is InChI=1S/C17H16ClN3O3/c18-14-3-1-2-13(12-14)4-9-17(22)20-11-10-19-15-5-7-16(8-6-15)21(23)24/h1-9,12,19H,10-11H2,(H,20,22)/b9-4+. The molecule has 0 fully saturated rings. The maximum Gasteiger partial charge on any atom is 0.269 e. The van der Waals surface area contributed by atoms with Crippen LogP contribution in [0.15, 0.2) is 54.6 Å². The van der Waals surface area contributed by atoms with E-state index in [1.165, 1.54) is 18.2 Å². The van der Waals surface area contributed by atoms with Crippen LogP contribution >= 0.6 is 11.6 Å². The number of non-ortho nitro benzene ring substituents is 1. The van der Waals surface area contributed by atoms with Crippen LogP contribution in [0, 0.1) is 10.1 Å². The van der Waals surface area contributed by atoms with Gasteiger partial charge in [-0.2, -0.15) is 0 Å². The van der Waals surface area contributed by atoms with Crippen LogP contribution in [0.2, 0.25) is 5.02 Å². The average Bonchev–Trinajstić information content (AvgIpc) is 2.57. The van der Waals surface area contributed by atoms with Crippen LogP contribution < -0.4 is 10.6 Å². The third-order valence-electron chi connectivity index (χ3n) is 3.11. The Balaban J connectivity index is 1.71. The lowest BCUT2D eigenvalue weighted by molar-refractivity contribution is -0.384. The zero-order valence-electron chi connectivity index (χ0n) is 12.7. The number of amides is 1. The van der Waals surface area contributed by atoms with Gasteiger partial charge in [-0.15, -0.1) is 0 Å². The molecule has 0 saturated carbocycles. The molecule has 0 aliphatic carbocycles. The Morgan fingerprint density at radius 1 is 1.17 bits per heavy atom. The summed E-state index contributed by atoms with van der Waals surface area (Å²) < 4.78 is 0. The molecular weight excluding hydrogens is 330 g/mol. The molecule has 0 bridgehead atoms. The van der Waals surface area contributed by atoms with Crippen LogP contribution in [-0.2, 0) is 4.79 Å². The Hall–Kier alpha value is -2.86. The smallest absolute Gasteiger partial charge is 0.269 e.